The van der Waals surface area contributed by atoms with Crippen LogP contribution in [0, 0.1) is 0 Å². The van der Waals surface area contributed by atoms with Crippen LogP contribution in [-0.4, -0.2) is 32.9 Å². The van der Waals surface area contributed by atoms with E-state index in [9.17, 15) is 14.7 Å². The molecule has 0 unspecified atom stereocenters. The molecule has 4 aromatic rings. The molecule has 0 fully saturated rings. The average molecular weight is 498 g/mol. The number of rotatable bonds is 7. The van der Waals surface area contributed by atoms with E-state index in [0.717, 1.165) is 33.8 Å². The Morgan fingerprint density at radius 3 is 2.05 bits per heavy atom. The van der Waals surface area contributed by atoms with Gasteiger partial charge in [0.25, 0.3) is 0 Å². The number of nitrogens with zero attached hydrogens (tertiary/aromatic N) is 2. The summed E-state index contributed by atoms with van der Waals surface area (Å²) in [6.07, 6.45) is 0.0117. The highest BCUT2D eigenvalue weighted by atomic mass is 16.5. The lowest BCUT2D eigenvalue weighted by Crippen LogP contribution is -2.13. The number of carbonyl (C=O) groups excluding carboxylic acids is 1. The average Bonchev–Trinajstić information content (AvgIpc) is 3.28. The summed E-state index contributed by atoms with van der Waals surface area (Å²) in [6.45, 7) is 10.4. The number of carboxylic acids is 1. The van der Waals surface area contributed by atoms with Crippen LogP contribution in [0.4, 0.5) is 0 Å². The number of benzene rings is 3. The highest BCUT2D eigenvalue weighted by Crippen LogP contribution is 2.35. The molecule has 0 radical (unpaired) electrons. The zero-order valence-electron chi connectivity index (χ0n) is 21.6. The maximum atomic E-state index is 11.6. The number of primary amides is 1. The summed E-state index contributed by atoms with van der Waals surface area (Å²) in [5, 5.41) is 14.1. The van der Waals surface area contributed by atoms with Crippen LogP contribution < -0.4 is 10.5 Å². The van der Waals surface area contributed by atoms with E-state index in [2.05, 4.69) is 32.9 Å². The minimum absolute atomic E-state index is 0.0117. The van der Waals surface area contributed by atoms with Gasteiger partial charge in [-0.15, -0.1) is 0 Å². The van der Waals surface area contributed by atoms with E-state index in [1.165, 1.54) is 0 Å². The van der Waals surface area contributed by atoms with Crippen LogP contribution in [0.1, 0.15) is 60.9 Å². The molecule has 0 aliphatic rings. The first kappa shape index (κ1) is 25.7. The van der Waals surface area contributed by atoms with Gasteiger partial charge in [0.15, 0.2) is 0 Å². The third kappa shape index (κ3) is 5.72. The van der Waals surface area contributed by atoms with Crippen LogP contribution in [-0.2, 0) is 5.41 Å². The number of amides is 1. The number of aromatic nitrogens is 2. The highest BCUT2D eigenvalue weighted by Gasteiger charge is 2.20. The second-order valence-corrected chi connectivity index (χ2v) is 10.3. The lowest BCUT2D eigenvalue weighted by Gasteiger charge is -2.22. The summed E-state index contributed by atoms with van der Waals surface area (Å²) in [7, 11) is 0. The van der Waals surface area contributed by atoms with Gasteiger partial charge in [-0.25, -0.2) is 9.48 Å². The summed E-state index contributed by atoms with van der Waals surface area (Å²) < 4.78 is 7.90. The van der Waals surface area contributed by atoms with Gasteiger partial charge in [-0.3, -0.25) is 4.79 Å². The molecule has 190 valence electrons. The Bertz CT molecular complexity index is 1440. The van der Waals surface area contributed by atoms with Crippen LogP contribution in [0.2, 0.25) is 0 Å². The molecule has 1 amide bonds. The van der Waals surface area contributed by atoms with E-state index < -0.39 is 11.9 Å². The number of nitrogens with two attached hydrogens (primary N) is 1. The summed E-state index contributed by atoms with van der Waals surface area (Å²) in [5.41, 5.74) is 11.0. The minimum Gasteiger partial charge on any atom is -0.491 e. The summed E-state index contributed by atoms with van der Waals surface area (Å²) in [4.78, 5) is 22.9. The minimum atomic E-state index is -0.982. The van der Waals surface area contributed by atoms with Crippen molar-refractivity contribution >= 4 is 11.9 Å². The van der Waals surface area contributed by atoms with Crippen LogP contribution in [0.3, 0.4) is 0 Å². The zero-order chi connectivity index (χ0) is 26.9. The molecule has 1 aromatic heterocycles. The van der Waals surface area contributed by atoms with Crippen molar-refractivity contribution < 1.29 is 19.4 Å². The summed E-state index contributed by atoms with van der Waals surface area (Å²) in [5.74, 6) is -0.717. The quantitative estimate of drug-likeness (QED) is 0.321. The third-order valence-electron chi connectivity index (χ3n) is 5.97. The number of hydrogen-bond donors (Lipinski definition) is 2. The molecule has 7 nitrogen and oxygen atoms in total. The molecule has 1 heterocycles. The Balaban J connectivity index is 1.92. The number of ether oxygens (including phenoxy) is 1. The fraction of sp³-hybridized carbons (Fsp3) is 0.233. The van der Waals surface area contributed by atoms with Gasteiger partial charge in [0, 0.05) is 16.7 Å². The SMILES string of the molecule is CC(C)Oc1cc(-c2cc(-c3ccc(C(=O)O)cc3)nn2-c2ccc(C(N)=O)cc2)cc(C(C)(C)C)c1. The van der Waals surface area contributed by atoms with Gasteiger partial charge in [-0.05, 0) is 85.5 Å². The Morgan fingerprint density at radius 2 is 1.51 bits per heavy atom. The van der Waals surface area contributed by atoms with Crippen molar-refractivity contribution in [1.82, 2.24) is 9.78 Å². The second-order valence-electron chi connectivity index (χ2n) is 10.3. The molecule has 3 N–H and O–H groups in total. The second kappa shape index (κ2) is 9.93. The van der Waals surface area contributed by atoms with Gasteiger partial charge in [0.2, 0.25) is 5.91 Å². The maximum Gasteiger partial charge on any atom is 0.335 e. The van der Waals surface area contributed by atoms with Crippen molar-refractivity contribution in [3.63, 3.8) is 0 Å². The molecule has 0 atom stereocenters. The molecule has 37 heavy (non-hydrogen) atoms. The Kier molecular flexibility index (Phi) is 6.90. The van der Waals surface area contributed by atoms with Gasteiger partial charge >= 0.3 is 5.97 Å². The monoisotopic (exact) mass is 497 g/mol. The van der Waals surface area contributed by atoms with E-state index in [0.29, 0.717) is 11.3 Å². The molecule has 0 aliphatic carbocycles. The topological polar surface area (TPSA) is 107 Å². The Labute approximate surface area is 216 Å². The molecule has 0 aliphatic heterocycles. The predicted molar refractivity (Wildman–Crippen MR) is 144 cm³/mol. The zero-order valence-corrected chi connectivity index (χ0v) is 21.6. The van der Waals surface area contributed by atoms with Crippen molar-refractivity contribution in [2.24, 2.45) is 5.73 Å². The normalized spacial score (nSPS) is 11.5. The van der Waals surface area contributed by atoms with Crippen LogP contribution >= 0.6 is 0 Å². The molecular weight excluding hydrogens is 466 g/mol. The molecule has 0 bridgehead atoms. The predicted octanol–water partition coefficient (Wildman–Crippen LogP) is 6.09. The number of carbonyl (C=O) groups is 2. The number of hydrogen-bond acceptors (Lipinski definition) is 4. The maximum absolute atomic E-state index is 11.6. The van der Waals surface area contributed by atoms with Crippen molar-refractivity contribution in [3.8, 4) is 34.0 Å². The first-order valence-electron chi connectivity index (χ1n) is 12.1. The first-order valence-corrected chi connectivity index (χ1v) is 12.1. The Morgan fingerprint density at radius 1 is 0.892 bits per heavy atom. The van der Waals surface area contributed by atoms with Crippen LogP contribution in [0.15, 0.2) is 72.8 Å². The molecule has 0 saturated heterocycles. The van der Waals surface area contributed by atoms with Gasteiger partial charge in [-0.2, -0.15) is 5.10 Å². The standard InChI is InChI=1S/C30H31N3O4/c1-18(2)37-25-15-22(14-23(16-25)30(3,4)5)27-17-26(19-6-8-21(9-7-19)29(35)36)32-33(27)24-12-10-20(11-13-24)28(31)34/h6-18H,1-5H3,(H2,31,34)(H,35,36). The van der Waals surface area contributed by atoms with Crippen LogP contribution in [0.5, 0.6) is 5.75 Å². The Hall–Kier alpha value is -4.39. The highest BCUT2D eigenvalue weighted by molar-refractivity contribution is 5.93. The van der Waals surface area contributed by atoms with Crippen molar-refractivity contribution in [1.29, 1.82) is 0 Å². The van der Waals surface area contributed by atoms with Crippen molar-refractivity contribution in [2.45, 2.75) is 46.1 Å². The fourth-order valence-corrected chi connectivity index (χ4v) is 4.00. The molecule has 0 saturated carbocycles. The van der Waals surface area contributed by atoms with Crippen LogP contribution in [0.25, 0.3) is 28.2 Å². The van der Waals surface area contributed by atoms with Gasteiger partial charge in [0.05, 0.1) is 28.7 Å². The summed E-state index contributed by atoms with van der Waals surface area (Å²) >= 11 is 0. The van der Waals surface area contributed by atoms with E-state index in [1.807, 2.05) is 30.7 Å². The summed E-state index contributed by atoms with van der Waals surface area (Å²) in [6, 6.07) is 21.7. The molecule has 3 aromatic carbocycles. The molecule has 0 spiro atoms. The smallest absolute Gasteiger partial charge is 0.335 e. The molecule has 4 rings (SSSR count). The van der Waals surface area contributed by atoms with Crippen molar-refractivity contribution in [3.05, 3.63) is 89.5 Å². The van der Waals surface area contributed by atoms with Crippen molar-refractivity contribution in [2.75, 3.05) is 0 Å². The van der Waals surface area contributed by atoms with E-state index in [-0.39, 0.29) is 17.1 Å². The van der Waals surface area contributed by atoms with Gasteiger partial charge in [0.1, 0.15) is 5.75 Å². The van der Waals surface area contributed by atoms with Gasteiger partial charge < -0.3 is 15.6 Å². The lowest BCUT2D eigenvalue weighted by atomic mass is 9.85. The largest absolute Gasteiger partial charge is 0.491 e. The number of carboxylic acid groups (broad SMARTS) is 1. The number of aromatic carboxylic acids is 1. The molecule has 7 heteroatoms. The fourth-order valence-electron chi connectivity index (χ4n) is 4.00. The van der Waals surface area contributed by atoms with Gasteiger partial charge in [-0.1, -0.05) is 32.9 Å². The van der Waals surface area contributed by atoms with E-state index in [4.69, 9.17) is 15.6 Å². The first-order chi connectivity index (χ1) is 17.4. The molecular formula is C30H31N3O4. The van der Waals surface area contributed by atoms with E-state index in [1.54, 1.807) is 48.5 Å². The van der Waals surface area contributed by atoms with E-state index >= 15 is 0 Å². The third-order valence-corrected chi connectivity index (χ3v) is 5.97. The lowest BCUT2D eigenvalue weighted by molar-refractivity contribution is 0.0696.